The number of pyridine rings is 1. The van der Waals surface area contributed by atoms with E-state index >= 15 is 0 Å². The van der Waals surface area contributed by atoms with Crippen LogP contribution in [0.25, 0.3) is 33.6 Å². The van der Waals surface area contributed by atoms with Gasteiger partial charge in [0.15, 0.2) is 5.82 Å². The minimum Gasteiger partial charge on any atom is -0.494 e. The van der Waals surface area contributed by atoms with Gasteiger partial charge < -0.3 is 29.5 Å². The molecule has 0 unspecified atom stereocenters. The molecule has 0 saturated carbocycles. The summed E-state index contributed by atoms with van der Waals surface area (Å²) in [5.41, 5.74) is 9.61. The van der Waals surface area contributed by atoms with Crippen molar-refractivity contribution in [2.75, 3.05) is 20.2 Å². The summed E-state index contributed by atoms with van der Waals surface area (Å²) < 4.78 is 9.68. The predicted molar refractivity (Wildman–Crippen MR) is 135 cm³/mol. The molecule has 1 amide bonds. The van der Waals surface area contributed by atoms with Crippen LogP contribution in [0.1, 0.15) is 30.1 Å². The summed E-state index contributed by atoms with van der Waals surface area (Å²) in [7, 11) is 3.53. The van der Waals surface area contributed by atoms with E-state index < -0.39 is 0 Å². The molecule has 1 fully saturated rings. The van der Waals surface area contributed by atoms with Gasteiger partial charge in [-0.05, 0) is 44.0 Å². The maximum atomic E-state index is 13.2. The Balaban J connectivity index is 0.00000274. The number of benzene rings is 1. The number of halogens is 1. The lowest BCUT2D eigenvalue weighted by molar-refractivity contribution is 0.0708. The lowest BCUT2D eigenvalue weighted by Gasteiger charge is -2.30. The van der Waals surface area contributed by atoms with Crippen LogP contribution >= 0.6 is 12.4 Å². The number of amides is 1. The van der Waals surface area contributed by atoms with E-state index in [2.05, 4.69) is 4.98 Å². The number of aryl methyl sites for hydroxylation is 2. The average Bonchev–Trinajstić information content (AvgIpc) is 3.34. The molecule has 1 atom stereocenters. The molecule has 5 rings (SSSR count). The number of fused-ring (bicyclic) bond motifs is 2. The van der Waals surface area contributed by atoms with E-state index in [0.29, 0.717) is 36.5 Å². The third-order valence-electron chi connectivity index (χ3n) is 6.47. The molecule has 1 aliphatic rings. The third-order valence-corrected chi connectivity index (χ3v) is 6.47. The van der Waals surface area contributed by atoms with Crippen molar-refractivity contribution in [1.29, 1.82) is 0 Å². The highest BCUT2D eigenvalue weighted by Crippen LogP contribution is 2.34. The maximum absolute atomic E-state index is 13.2. The fourth-order valence-corrected chi connectivity index (χ4v) is 4.87. The molecule has 9 nitrogen and oxygen atoms in total. The molecule has 1 aliphatic heterocycles. The van der Waals surface area contributed by atoms with Gasteiger partial charge in [-0.2, -0.15) is 0 Å². The number of nitrogens with two attached hydrogens (primary N) is 1. The van der Waals surface area contributed by atoms with E-state index in [1.807, 2.05) is 46.2 Å². The Labute approximate surface area is 202 Å². The number of nitrogens with zero attached hydrogens (tertiary/aromatic N) is 4. The molecule has 3 aromatic heterocycles. The van der Waals surface area contributed by atoms with Crippen molar-refractivity contribution in [3.8, 4) is 17.3 Å². The van der Waals surface area contributed by atoms with Gasteiger partial charge in [-0.25, -0.2) is 4.98 Å². The first-order valence-corrected chi connectivity index (χ1v) is 11.2. The number of imidazole rings is 1. The fourth-order valence-electron chi connectivity index (χ4n) is 4.87. The molecule has 34 heavy (non-hydrogen) atoms. The van der Waals surface area contributed by atoms with Crippen molar-refractivity contribution in [3.05, 3.63) is 46.2 Å². The molecule has 0 spiro atoms. The highest BCUT2D eigenvalue weighted by atomic mass is 35.5. The van der Waals surface area contributed by atoms with Crippen molar-refractivity contribution in [1.82, 2.24) is 24.0 Å². The SMILES string of the molecule is CCn1c(-c2nc3cc(C(=O)N4CCC[C@@H](N)C4)cc(OC)c3n2C)cc2ccc(=O)[nH]c21.Cl. The van der Waals surface area contributed by atoms with Crippen LogP contribution in [-0.4, -0.2) is 56.2 Å². The minimum absolute atomic E-state index is 0. The number of carbonyl (C=O) groups excluding carboxylic acids is 1. The van der Waals surface area contributed by atoms with Crippen LogP contribution in [0.3, 0.4) is 0 Å². The van der Waals surface area contributed by atoms with Crippen LogP contribution in [0.15, 0.2) is 35.1 Å². The molecule has 0 bridgehead atoms. The van der Waals surface area contributed by atoms with Crippen LogP contribution < -0.4 is 16.0 Å². The van der Waals surface area contributed by atoms with Crippen molar-refractivity contribution in [2.45, 2.75) is 32.4 Å². The molecule has 10 heteroatoms. The molecule has 1 aromatic carbocycles. The smallest absolute Gasteiger partial charge is 0.254 e. The number of aromatic amines is 1. The largest absolute Gasteiger partial charge is 0.494 e. The Kier molecular flexibility index (Phi) is 6.42. The van der Waals surface area contributed by atoms with Crippen molar-refractivity contribution in [2.24, 2.45) is 12.8 Å². The third kappa shape index (κ3) is 3.84. The summed E-state index contributed by atoms with van der Waals surface area (Å²) in [5.74, 6) is 1.26. The quantitative estimate of drug-likeness (QED) is 0.462. The van der Waals surface area contributed by atoms with E-state index in [1.165, 1.54) is 6.07 Å². The first-order chi connectivity index (χ1) is 15.9. The fraction of sp³-hybridized carbons (Fsp3) is 0.375. The highest BCUT2D eigenvalue weighted by molar-refractivity contribution is 6.00. The number of nitrogens with one attached hydrogen (secondary N) is 1. The second kappa shape index (κ2) is 9.15. The summed E-state index contributed by atoms with van der Waals surface area (Å²) in [5, 5.41) is 0.933. The van der Waals surface area contributed by atoms with Gasteiger partial charge in [-0.15, -0.1) is 12.4 Å². The number of hydrogen-bond donors (Lipinski definition) is 2. The Morgan fingerprint density at radius 2 is 2.09 bits per heavy atom. The van der Waals surface area contributed by atoms with Gasteiger partial charge >= 0.3 is 0 Å². The molecule has 0 radical (unpaired) electrons. The second-order valence-electron chi connectivity index (χ2n) is 8.59. The summed E-state index contributed by atoms with van der Waals surface area (Å²) in [6.45, 7) is 3.95. The van der Waals surface area contributed by atoms with Gasteiger partial charge in [-0.3, -0.25) is 9.59 Å². The highest BCUT2D eigenvalue weighted by Gasteiger charge is 2.25. The summed E-state index contributed by atoms with van der Waals surface area (Å²) in [4.78, 5) is 34.7. The van der Waals surface area contributed by atoms with Crippen molar-refractivity contribution < 1.29 is 9.53 Å². The molecular weight excluding hydrogens is 456 g/mol. The van der Waals surface area contributed by atoms with Crippen LogP contribution in [-0.2, 0) is 13.6 Å². The number of likely N-dealkylation sites (tertiary alicyclic amines) is 1. The normalized spacial score (nSPS) is 16.1. The first-order valence-electron chi connectivity index (χ1n) is 11.2. The number of rotatable bonds is 4. The number of methoxy groups -OCH3 is 1. The van der Waals surface area contributed by atoms with Gasteiger partial charge in [0.05, 0.1) is 18.3 Å². The number of hydrogen-bond acceptors (Lipinski definition) is 5. The average molecular weight is 485 g/mol. The van der Waals surface area contributed by atoms with E-state index in [0.717, 1.165) is 40.9 Å². The van der Waals surface area contributed by atoms with Gasteiger partial charge in [0, 0.05) is 49.7 Å². The van der Waals surface area contributed by atoms with Crippen molar-refractivity contribution in [3.63, 3.8) is 0 Å². The lowest BCUT2D eigenvalue weighted by Crippen LogP contribution is -2.45. The topological polar surface area (TPSA) is 111 Å². The molecule has 0 aliphatic carbocycles. The number of aromatic nitrogens is 4. The number of ether oxygens (including phenoxy) is 1. The zero-order chi connectivity index (χ0) is 23.3. The maximum Gasteiger partial charge on any atom is 0.254 e. The minimum atomic E-state index is -0.144. The van der Waals surface area contributed by atoms with Gasteiger partial charge in [0.2, 0.25) is 5.56 Å². The van der Waals surface area contributed by atoms with Gasteiger partial charge in [0.25, 0.3) is 5.91 Å². The molecule has 4 aromatic rings. The summed E-state index contributed by atoms with van der Waals surface area (Å²) >= 11 is 0. The van der Waals surface area contributed by atoms with Crippen LogP contribution in [0, 0.1) is 0 Å². The van der Waals surface area contributed by atoms with Gasteiger partial charge in [0.1, 0.15) is 16.9 Å². The number of H-pyrrole nitrogens is 1. The zero-order valence-corrected chi connectivity index (χ0v) is 20.3. The summed E-state index contributed by atoms with van der Waals surface area (Å²) in [6, 6.07) is 8.97. The molecule has 180 valence electrons. The number of carbonyl (C=O) groups is 1. The van der Waals surface area contributed by atoms with E-state index in [9.17, 15) is 9.59 Å². The van der Waals surface area contributed by atoms with Crippen LogP contribution in [0.4, 0.5) is 0 Å². The lowest BCUT2D eigenvalue weighted by atomic mass is 10.0. The monoisotopic (exact) mass is 484 g/mol. The molecular formula is C24H29ClN6O3. The second-order valence-corrected chi connectivity index (χ2v) is 8.59. The van der Waals surface area contributed by atoms with Crippen LogP contribution in [0.2, 0.25) is 0 Å². The molecule has 3 N–H and O–H groups in total. The predicted octanol–water partition coefficient (Wildman–Crippen LogP) is 2.90. The van der Waals surface area contributed by atoms with E-state index in [4.69, 9.17) is 15.5 Å². The Morgan fingerprint density at radius 1 is 1.29 bits per heavy atom. The number of piperidine rings is 1. The summed E-state index contributed by atoms with van der Waals surface area (Å²) in [6.07, 6.45) is 1.84. The molecule has 4 heterocycles. The zero-order valence-electron chi connectivity index (χ0n) is 19.5. The Hall–Kier alpha value is -3.30. The Bertz CT molecular complexity index is 1440. The molecule has 1 saturated heterocycles. The first kappa shape index (κ1) is 23.8. The van der Waals surface area contributed by atoms with Gasteiger partial charge in [-0.1, -0.05) is 0 Å². The van der Waals surface area contributed by atoms with E-state index in [1.54, 1.807) is 13.2 Å². The van der Waals surface area contributed by atoms with E-state index in [-0.39, 0.29) is 29.9 Å². The Morgan fingerprint density at radius 3 is 2.79 bits per heavy atom. The van der Waals surface area contributed by atoms with Crippen LogP contribution in [0.5, 0.6) is 5.75 Å². The van der Waals surface area contributed by atoms with Crippen molar-refractivity contribution >= 4 is 40.4 Å². The standard InChI is InChI=1S/C24H28N6O3.ClH/c1-4-30-18(11-14-7-8-20(31)27-22(14)30)23-26-17-10-15(12-19(33-3)21(17)28(23)2)24(32)29-9-5-6-16(25)13-29;/h7-8,10-12,16H,4-6,9,13,25H2,1-3H3,(H,27,31);1H/t16-;/m1./s1.